The molecule has 29 heavy (non-hydrogen) atoms. The standard InChI is InChI=1S/C22H29N5OS/c1-3-24-22(25-14-19-8-6-18(13-23)7-9-19)26-15-20(21-5-4-12-29-21)27-10-11-28-17(2)16-27/h4-9,12,17,20H,3,10-11,14-16H2,1-2H3,(H2,24,25,26). The third-order valence-corrected chi connectivity index (χ3v) is 5.87. The molecule has 0 aliphatic carbocycles. The number of aliphatic imine (C=N–C) groups is 1. The van der Waals surface area contributed by atoms with Crippen LogP contribution >= 0.6 is 11.3 Å². The van der Waals surface area contributed by atoms with E-state index in [9.17, 15) is 0 Å². The lowest BCUT2D eigenvalue weighted by atomic mass is 10.1. The molecule has 0 saturated carbocycles. The molecule has 1 fully saturated rings. The van der Waals surface area contributed by atoms with Gasteiger partial charge in [-0.15, -0.1) is 11.3 Å². The van der Waals surface area contributed by atoms with Gasteiger partial charge in [-0.25, -0.2) is 4.99 Å². The van der Waals surface area contributed by atoms with Gasteiger partial charge in [0.1, 0.15) is 0 Å². The number of ether oxygens (including phenoxy) is 1. The first-order valence-electron chi connectivity index (χ1n) is 10.1. The lowest BCUT2D eigenvalue weighted by Gasteiger charge is -2.37. The second kappa shape index (κ2) is 11.0. The topological polar surface area (TPSA) is 72.7 Å². The Labute approximate surface area is 177 Å². The number of rotatable bonds is 7. The van der Waals surface area contributed by atoms with Gasteiger partial charge in [0.2, 0.25) is 0 Å². The molecule has 2 N–H and O–H groups in total. The molecule has 2 unspecified atom stereocenters. The average Bonchev–Trinajstić information content (AvgIpc) is 3.27. The third-order valence-electron chi connectivity index (χ3n) is 4.89. The minimum Gasteiger partial charge on any atom is -0.376 e. The molecule has 154 valence electrons. The Balaban J connectivity index is 1.66. The molecule has 2 atom stereocenters. The Morgan fingerprint density at radius 2 is 2.17 bits per heavy atom. The minimum absolute atomic E-state index is 0.254. The number of nitrogens with zero attached hydrogens (tertiary/aromatic N) is 3. The maximum Gasteiger partial charge on any atom is 0.191 e. The number of morpholine rings is 1. The summed E-state index contributed by atoms with van der Waals surface area (Å²) in [5.41, 5.74) is 1.75. The number of benzene rings is 1. The zero-order chi connectivity index (χ0) is 20.5. The molecule has 7 heteroatoms. The second-order valence-corrected chi connectivity index (χ2v) is 8.07. The first-order chi connectivity index (χ1) is 14.2. The van der Waals surface area contributed by atoms with E-state index in [-0.39, 0.29) is 6.10 Å². The van der Waals surface area contributed by atoms with E-state index >= 15 is 0 Å². The molecule has 1 aromatic carbocycles. The summed E-state index contributed by atoms with van der Waals surface area (Å²) in [4.78, 5) is 8.58. The lowest BCUT2D eigenvalue weighted by molar-refractivity contribution is -0.0334. The van der Waals surface area contributed by atoms with Crippen molar-refractivity contribution in [3.05, 3.63) is 57.8 Å². The van der Waals surface area contributed by atoms with Crippen LogP contribution in [0.1, 0.15) is 35.9 Å². The molecule has 2 aromatic rings. The van der Waals surface area contributed by atoms with Crippen LogP contribution in [0.25, 0.3) is 0 Å². The minimum atomic E-state index is 0.254. The van der Waals surface area contributed by atoms with Crippen LogP contribution in [0.4, 0.5) is 0 Å². The molecule has 0 spiro atoms. The van der Waals surface area contributed by atoms with Gasteiger partial charge in [0.25, 0.3) is 0 Å². The van der Waals surface area contributed by atoms with Crippen molar-refractivity contribution in [1.29, 1.82) is 5.26 Å². The highest BCUT2D eigenvalue weighted by Crippen LogP contribution is 2.26. The highest BCUT2D eigenvalue weighted by atomic mass is 32.1. The van der Waals surface area contributed by atoms with Gasteiger partial charge in [-0.3, -0.25) is 4.90 Å². The predicted octanol–water partition coefficient (Wildman–Crippen LogP) is 3.14. The zero-order valence-corrected chi connectivity index (χ0v) is 17.9. The van der Waals surface area contributed by atoms with Crippen molar-refractivity contribution in [2.24, 2.45) is 4.99 Å². The van der Waals surface area contributed by atoms with E-state index in [1.807, 2.05) is 24.3 Å². The smallest absolute Gasteiger partial charge is 0.191 e. The summed E-state index contributed by atoms with van der Waals surface area (Å²) in [6, 6.07) is 14.3. The van der Waals surface area contributed by atoms with Crippen LogP contribution in [-0.4, -0.2) is 49.7 Å². The highest BCUT2D eigenvalue weighted by Gasteiger charge is 2.26. The van der Waals surface area contributed by atoms with E-state index in [0.29, 0.717) is 18.2 Å². The van der Waals surface area contributed by atoms with E-state index in [0.717, 1.165) is 44.3 Å². The molecular formula is C22H29N5OS. The Morgan fingerprint density at radius 1 is 1.34 bits per heavy atom. The van der Waals surface area contributed by atoms with E-state index in [1.165, 1.54) is 4.88 Å². The van der Waals surface area contributed by atoms with Crippen molar-refractivity contribution in [3.8, 4) is 6.07 Å². The van der Waals surface area contributed by atoms with Gasteiger partial charge in [-0.05, 0) is 43.0 Å². The molecule has 0 bridgehead atoms. The zero-order valence-electron chi connectivity index (χ0n) is 17.1. The van der Waals surface area contributed by atoms with Crippen molar-refractivity contribution in [3.63, 3.8) is 0 Å². The Kier molecular flexibility index (Phi) is 8.05. The first kappa shape index (κ1) is 21.3. The summed E-state index contributed by atoms with van der Waals surface area (Å²) in [5, 5.41) is 17.9. The Bertz CT molecular complexity index is 813. The summed E-state index contributed by atoms with van der Waals surface area (Å²) in [6.45, 7) is 9.00. The number of nitrogens with one attached hydrogen (secondary N) is 2. The average molecular weight is 412 g/mol. The fraction of sp³-hybridized carbons (Fsp3) is 0.455. The number of hydrogen-bond donors (Lipinski definition) is 2. The molecule has 1 aromatic heterocycles. The molecule has 1 aliphatic rings. The summed E-state index contributed by atoms with van der Waals surface area (Å²) in [7, 11) is 0. The van der Waals surface area contributed by atoms with Crippen LogP contribution in [0.15, 0.2) is 46.8 Å². The molecule has 0 radical (unpaired) electrons. The Morgan fingerprint density at radius 3 is 2.83 bits per heavy atom. The van der Waals surface area contributed by atoms with Crippen LogP contribution in [0.5, 0.6) is 0 Å². The number of nitriles is 1. The lowest BCUT2D eigenvalue weighted by Crippen LogP contribution is -2.48. The first-order valence-corrected chi connectivity index (χ1v) is 11.0. The molecule has 0 amide bonds. The van der Waals surface area contributed by atoms with Crippen molar-refractivity contribution < 1.29 is 4.74 Å². The van der Waals surface area contributed by atoms with Crippen LogP contribution in [0.2, 0.25) is 0 Å². The fourth-order valence-electron chi connectivity index (χ4n) is 3.41. The monoisotopic (exact) mass is 411 g/mol. The van der Waals surface area contributed by atoms with Crippen LogP contribution in [0.3, 0.4) is 0 Å². The maximum atomic E-state index is 8.93. The van der Waals surface area contributed by atoms with Crippen molar-refractivity contribution in [2.45, 2.75) is 32.5 Å². The number of thiophene rings is 1. The normalized spacial score (nSPS) is 18.8. The third kappa shape index (κ3) is 6.29. The quantitative estimate of drug-likeness (QED) is 0.541. The van der Waals surface area contributed by atoms with Crippen LogP contribution in [0, 0.1) is 11.3 Å². The van der Waals surface area contributed by atoms with E-state index < -0.39 is 0 Å². The molecular weight excluding hydrogens is 382 g/mol. The van der Waals surface area contributed by atoms with Gasteiger partial charge in [0.15, 0.2) is 5.96 Å². The maximum absolute atomic E-state index is 8.93. The van der Waals surface area contributed by atoms with Crippen molar-refractivity contribution in [1.82, 2.24) is 15.5 Å². The van der Waals surface area contributed by atoms with Crippen LogP contribution in [-0.2, 0) is 11.3 Å². The van der Waals surface area contributed by atoms with Crippen molar-refractivity contribution in [2.75, 3.05) is 32.8 Å². The predicted molar refractivity (Wildman–Crippen MR) is 118 cm³/mol. The van der Waals surface area contributed by atoms with Gasteiger partial charge < -0.3 is 15.4 Å². The summed E-state index contributed by atoms with van der Waals surface area (Å²) < 4.78 is 5.73. The summed E-state index contributed by atoms with van der Waals surface area (Å²) in [6.07, 6.45) is 0.254. The Hall–Kier alpha value is -2.40. The molecule has 3 rings (SSSR count). The summed E-state index contributed by atoms with van der Waals surface area (Å²) in [5.74, 6) is 0.805. The fourth-order valence-corrected chi connectivity index (χ4v) is 4.27. The van der Waals surface area contributed by atoms with E-state index in [2.05, 4.69) is 53.0 Å². The van der Waals surface area contributed by atoms with Gasteiger partial charge in [-0.1, -0.05) is 18.2 Å². The molecule has 1 saturated heterocycles. The largest absolute Gasteiger partial charge is 0.376 e. The van der Waals surface area contributed by atoms with Gasteiger partial charge in [-0.2, -0.15) is 5.26 Å². The molecule has 2 heterocycles. The van der Waals surface area contributed by atoms with Gasteiger partial charge >= 0.3 is 0 Å². The molecule has 6 nitrogen and oxygen atoms in total. The number of hydrogen-bond acceptors (Lipinski definition) is 5. The number of guanidine groups is 1. The van der Waals surface area contributed by atoms with Crippen LogP contribution < -0.4 is 10.6 Å². The van der Waals surface area contributed by atoms with E-state index in [4.69, 9.17) is 15.0 Å². The second-order valence-electron chi connectivity index (χ2n) is 7.09. The highest BCUT2D eigenvalue weighted by molar-refractivity contribution is 7.10. The van der Waals surface area contributed by atoms with Gasteiger partial charge in [0.05, 0.1) is 36.9 Å². The van der Waals surface area contributed by atoms with Gasteiger partial charge in [0, 0.05) is 31.1 Å². The van der Waals surface area contributed by atoms with Crippen molar-refractivity contribution >= 4 is 17.3 Å². The SMILES string of the molecule is CCNC(=NCc1ccc(C#N)cc1)NCC(c1cccs1)N1CCOC(C)C1. The summed E-state index contributed by atoms with van der Waals surface area (Å²) >= 11 is 1.80. The van der Waals surface area contributed by atoms with E-state index in [1.54, 1.807) is 11.3 Å². The molecule has 1 aliphatic heterocycles.